The Morgan fingerprint density at radius 1 is 1.22 bits per heavy atom. The minimum atomic E-state index is -0.124. The number of hydrogen-bond acceptors (Lipinski definition) is 3. The van der Waals surface area contributed by atoms with Gasteiger partial charge in [-0.25, -0.2) is 4.79 Å². The second kappa shape index (κ2) is 8.39. The maximum Gasteiger partial charge on any atom is 0.319 e. The summed E-state index contributed by atoms with van der Waals surface area (Å²) in [6.07, 6.45) is 4.74. The summed E-state index contributed by atoms with van der Waals surface area (Å²) in [6, 6.07) is 7.57. The van der Waals surface area contributed by atoms with Crippen molar-refractivity contribution in [3.8, 4) is 0 Å². The van der Waals surface area contributed by atoms with E-state index >= 15 is 0 Å². The van der Waals surface area contributed by atoms with Gasteiger partial charge < -0.3 is 15.1 Å². The summed E-state index contributed by atoms with van der Waals surface area (Å²) in [7, 11) is 3.47. The molecule has 1 aliphatic rings. The van der Waals surface area contributed by atoms with Gasteiger partial charge in [0, 0.05) is 51.1 Å². The van der Waals surface area contributed by atoms with Crippen LogP contribution in [0.2, 0.25) is 5.02 Å². The zero-order valence-corrected chi connectivity index (χ0v) is 16.3. The molecule has 0 atom stereocenters. The van der Waals surface area contributed by atoms with Crippen molar-refractivity contribution >= 4 is 23.5 Å². The summed E-state index contributed by atoms with van der Waals surface area (Å²) < 4.78 is 0. The lowest BCUT2D eigenvalue weighted by Gasteiger charge is -2.31. The third-order valence-corrected chi connectivity index (χ3v) is 4.90. The second-order valence-electron chi connectivity index (χ2n) is 6.81. The minimum Gasteiger partial charge on any atom is -0.352 e. The van der Waals surface area contributed by atoms with Crippen LogP contribution in [0.25, 0.3) is 0 Å². The Morgan fingerprint density at radius 3 is 2.67 bits per heavy atom. The van der Waals surface area contributed by atoms with Crippen molar-refractivity contribution in [2.24, 2.45) is 0 Å². The predicted octanol–water partition coefficient (Wildman–Crippen LogP) is 2.75. The maximum atomic E-state index is 12.6. The number of carbonyl (C=O) groups is 2. The van der Waals surface area contributed by atoms with Crippen molar-refractivity contribution in [1.82, 2.24) is 20.1 Å². The summed E-state index contributed by atoms with van der Waals surface area (Å²) in [6.45, 7) is 1.61. The highest BCUT2D eigenvalue weighted by molar-refractivity contribution is 6.30. The van der Waals surface area contributed by atoms with Crippen molar-refractivity contribution < 1.29 is 9.59 Å². The zero-order valence-electron chi connectivity index (χ0n) is 15.5. The van der Waals surface area contributed by atoms with Crippen molar-refractivity contribution in [2.45, 2.75) is 19.4 Å². The first kappa shape index (κ1) is 19.2. The van der Waals surface area contributed by atoms with Gasteiger partial charge >= 0.3 is 6.03 Å². The first-order chi connectivity index (χ1) is 13.0. The van der Waals surface area contributed by atoms with E-state index in [0.717, 1.165) is 23.1 Å². The summed E-state index contributed by atoms with van der Waals surface area (Å²) in [4.78, 5) is 32.3. The fourth-order valence-electron chi connectivity index (χ4n) is 3.20. The van der Waals surface area contributed by atoms with Crippen molar-refractivity contribution in [3.63, 3.8) is 0 Å². The molecular weight excluding hydrogens is 364 g/mol. The Kier molecular flexibility index (Phi) is 5.96. The third kappa shape index (κ3) is 4.57. The van der Waals surface area contributed by atoms with Gasteiger partial charge in [0.15, 0.2) is 0 Å². The number of halogens is 1. The fraction of sp³-hybridized carbons (Fsp3) is 0.350. The van der Waals surface area contributed by atoms with Crippen molar-refractivity contribution in [1.29, 1.82) is 0 Å². The number of aromatic nitrogens is 1. The summed E-state index contributed by atoms with van der Waals surface area (Å²) in [5, 5.41) is 3.66. The molecule has 1 N–H and O–H groups in total. The number of fused-ring (bicyclic) bond motifs is 1. The van der Waals surface area contributed by atoms with Crippen LogP contribution in [0.5, 0.6) is 0 Å². The first-order valence-corrected chi connectivity index (χ1v) is 9.28. The maximum absolute atomic E-state index is 12.6. The van der Waals surface area contributed by atoms with E-state index in [-0.39, 0.29) is 11.9 Å². The predicted molar refractivity (Wildman–Crippen MR) is 105 cm³/mol. The van der Waals surface area contributed by atoms with Crippen LogP contribution in [0, 0.1) is 0 Å². The van der Waals surface area contributed by atoms with Crippen LogP contribution in [0.1, 0.15) is 27.0 Å². The smallest absolute Gasteiger partial charge is 0.319 e. The van der Waals surface area contributed by atoms with Crippen LogP contribution in [0.4, 0.5) is 4.79 Å². The minimum absolute atomic E-state index is 0.0292. The summed E-state index contributed by atoms with van der Waals surface area (Å²) in [5.41, 5.74) is 3.63. The van der Waals surface area contributed by atoms with Crippen LogP contribution in [0.15, 0.2) is 36.7 Å². The van der Waals surface area contributed by atoms with E-state index in [0.29, 0.717) is 36.6 Å². The summed E-state index contributed by atoms with van der Waals surface area (Å²) in [5.74, 6) is -0.124. The normalized spacial score (nSPS) is 13.1. The number of hydrogen-bond donors (Lipinski definition) is 1. The van der Waals surface area contributed by atoms with Crippen LogP contribution in [-0.2, 0) is 19.4 Å². The molecule has 7 heteroatoms. The molecule has 0 radical (unpaired) electrons. The molecule has 3 rings (SSSR count). The first-order valence-electron chi connectivity index (χ1n) is 8.90. The monoisotopic (exact) mass is 386 g/mol. The van der Waals surface area contributed by atoms with E-state index in [1.165, 1.54) is 0 Å². The largest absolute Gasteiger partial charge is 0.352 e. The zero-order chi connectivity index (χ0) is 19.4. The van der Waals surface area contributed by atoms with E-state index in [1.54, 1.807) is 36.3 Å². The standard InChI is InChI=1S/C20H23ClN4O2/c1-24(2)20(27)25-10-8-17-15(13-25)11-22-12-18(17)19(26)23-9-7-14-3-5-16(21)6-4-14/h3-6,11-12H,7-10,13H2,1-2H3,(H,23,26). The number of carbonyl (C=O) groups excluding carboxylic acids is 2. The molecule has 3 amide bonds. The number of amides is 3. The average molecular weight is 387 g/mol. The Balaban J connectivity index is 1.64. The van der Waals surface area contributed by atoms with E-state index in [1.807, 2.05) is 24.3 Å². The lowest BCUT2D eigenvalue weighted by Crippen LogP contribution is -2.42. The molecule has 142 valence electrons. The molecule has 2 heterocycles. The molecule has 2 aromatic rings. The SMILES string of the molecule is CN(C)C(=O)N1CCc2c(cncc2C(=O)NCCc2ccc(Cl)cc2)C1. The molecule has 0 aliphatic carbocycles. The van der Waals surface area contributed by atoms with Crippen LogP contribution < -0.4 is 5.32 Å². The van der Waals surface area contributed by atoms with Crippen molar-refractivity contribution in [2.75, 3.05) is 27.2 Å². The molecule has 6 nitrogen and oxygen atoms in total. The number of urea groups is 1. The third-order valence-electron chi connectivity index (χ3n) is 4.65. The van der Waals surface area contributed by atoms with E-state index in [2.05, 4.69) is 10.3 Å². The fourth-order valence-corrected chi connectivity index (χ4v) is 3.33. The van der Waals surface area contributed by atoms with E-state index in [4.69, 9.17) is 11.6 Å². The summed E-state index contributed by atoms with van der Waals surface area (Å²) >= 11 is 5.89. The number of rotatable bonds is 4. The quantitative estimate of drug-likeness (QED) is 0.878. The molecular formula is C20H23ClN4O2. The van der Waals surface area contributed by atoms with E-state index < -0.39 is 0 Å². The molecule has 1 aromatic carbocycles. The Morgan fingerprint density at radius 2 is 1.96 bits per heavy atom. The number of nitrogens with one attached hydrogen (secondary N) is 1. The van der Waals surface area contributed by atoms with Gasteiger partial charge in [-0.2, -0.15) is 0 Å². The van der Waals surface area contributed by atoms with Crippen LogP contribution >= 0.6 is 11.6 Å². The Labute approximate surface area is 164 Å². The molecule has 0 saturated carbocycles. The van der Waals surface area contributed by atoms with E-state index in [9.17, 15) is 9.59 Å². The molecule has 0 unspecified atom stereocenters. The molecule has 1 aliphatic heterocycles. The van der Waals surface area contributed by atoms with Crippen molar-refractivity contribution in [3.05, 3.63) is 63.9 Å². The Bertz CT molecular complexity index is 836. The highest BCUT2D eigenvalue weighted by atomic mass is 35.5. The van der Waals surface area contributed by atoms with Crippen LogP contribution in [0.3, 0.4) is 0 Å². The molecule has 0 saturated heterocycles. The van der Waals surface area contributed by atoms with Gasteiger partial charge in [-0.05, 0) is 41.7 Å². The second-order valence-corrected chi connectivity index (χ2v) is 7.24. The van der Waals surface area contributed by atoms with Crippen LogP contribution in [-0.4, -0.2) is 53.9 Å². The number of nitrogens with zero attached hydrogens (tertiary/aromatic N) is 3. The molecule has 27 heavy (non-hydrogen) atoms. The van der Waals surface area contributed by atoms with Gasteiger partial charge in [0.2, 0.25) is 0 Å². The van der Waals surface area contributed by atoms with Gasteiger partial charge in [-0.1, -0.05) is 23.7 Å². The lowest BCUT2D eigenvalue weighted by molar-refractivity contribution is 0.0952. The lowest BCUT2D eigenvalue weighted by atomic mass is 9.97. The molecule has 0 fully saturated rings. The molecule has 0 bridgehead atoms. The Hall–Kier alpha value is -2.60. The van der Waals surface area contributed by atoms with Gasteiger partial charge in [-0.3, -0.25) is 9.78 Å². The van der Waals surface area contributed by atoms with Gasteiger partial charge in [0.1, 0.15) is 0 Å². The van der Waals surface area contributed by atoms with Gasteiger partial charge in [0.25, 0.3) is 5.91 Å². The average Bonchev–Trinajstić information content (AvgIpc) is 2.67. The van der Waals surface area contributed by atoms with Gasteiger partial charge in [0.05, 0.1) is 5.56 Å². The molecule has 1 aromatic heterocycles. The molecule has 0 spiro atoms. The highest BCUT2D eigenvalue weighted by Crippen LogP contribution is 2.22. The van der Waals surface area contributed by atoms with Gasteiger partial charge in [-0.15, -0.1) is 0 Å². The number of pyridine rings is 1. The number of benzene rings is 1. The topological polar surface area (TPSA) is 65.5 Å². The highest BCUT2D eigenvalue weighted by Gasteiger charge is 2.25.